The number of aromatic nitrogens is 6. The van der Waals surface area contributed by atoms with E-state index in [2.05, 4.69) is 42.6 Å². The number of benzene rings is 2. The van der Waals surface area contributed by atoms with Crippen molar-refractivity contribution in [2.45, 2.75) is 6.54 Å². The molecule has 14 heteroatoms. The molecule has 0 bridgehead atoms. The average Bonchev–Trinajstić information content (AvgIpc) is 3.33. The fourth-order valence-electron chi connectivity index (χ4n) is 3.91. The standard InChI is InChI=1S/C24H22N10O4/c1-4-20(37)26-19-7-13(21-29-31-33(3)30-21)5-6-18(19)27-23-25-11-14-12-34(24(38)32(2)22(14)28-23)15-8-16(35)10-17(36)9-15/h4-11,35-36H,1,12H2,2-3H3,(H,26,37)(H,25,27,28). The van der Waals surface area contributed by atoms with Gasteiger partial charge in [0.2, 0.25) is 17.7 Å². The summed E-state index contributed by atoms with van der Waals surface area (Å²) in [5, 5.41) is 37.5. The molecule has 192 valence electrons. The highest BCUT2D eigenvalue weighted by atomic mass is 16.3. The number of fused-ring (bicyclic) bond motifs is 1. The smallest absolute Gasteiger partial charge is 0.330 e. The molecule has 4 N–H and O–H groups in total. The zero-order valence-electron chi connectivity index (χ0n) is 20.3. The van der Waals surface area contributed by atoms with Gasteiger partial charge in [-0.25, -0.2) is 9.78 Å². The molecule has 0 fully saturated rings. The number of anilines is 5. The summed E-state index contributed by atoms with van der Waals surface area (Å²) in [4.78, 5) is 38.1. The van der Waals surface area contributed by atoms with Crippen molar-refractivity contribution in [2.75, 3.05) is 27.5 Å². The molecule has 1 aliphatic rings. The first-order chi connectivity index (χ1) is 18.2. The molecule has 0 saturated heterocycles. The Morgan fingerprint density at radius 3 is 2.55 bits per heavy atom. The highest BCUT2D eigenvalue weighted by molar-refractivity contribution is 6.05. The van der Waals surface area contributed by atoms with Gasteiger partial charge in [0.15, 0.2) is 0 Å². The lowest BCUT2D eigenvalue weighted by Gasteiger charge is -2.34. The number of phenolic OH excluding ortho intramolecular Hbond substituents is 2. The van der Waals surface area contributed by atoms with Gasteiger partial charge in [-0.3, -0.25) is 14.6 Å². The summed E-state index contributed by atoms with van der Waals surface area (Å²) in [5.74, 6) is 0.182. The monoisotopic (exact) mass is 514 g/mol. The molecule has 3 amide bonds. The summed E-state index contributed by atoms with van der Waals surface area (Å²) in [6, 6.07) is 8.67. The Hall–Kier alpha value is -5.53. The van der Waals surface area contributed by atoms with Crippen LogP contribution in [-0.4, -0.2) is 59.4 Å². The minimum Gasteiger partial charge on any atom is -0.508 e. The van der Waals surface area contributed by atoms with E-state index in [1.165, 1.54) is 32.8 Å². The van der Waals surface area contributed by atoms with Crippen molar-refractivity contribution in [1.82, 2.24) is 30.2 Å². The number of hydrogen-bond acceptors (Lipinski definition) is 10. The van der Waals surface area contributed by atoms with Gasteiger partial charge < -0.3 is 20.8 Å². The normalized spacial score (nSPS) is 12.7. The van der Waals surface area contributed by atoms with E-state index in [4.69, 9.17) is 0 Å². The van der Waals surface area contributed by atoms with Crippen molar-refractivity contribution in [3.8, 4) is 22.9 Å². The third-order valence-electron chi connectivity index (χ3n) is 5.68. The third-order valence-corrected chi connectivity index (χ3v) is 5.68. The molecule has 0 unspecified atom stereocenters. The Morgan fingerprint density at radius 1 is 1.11 bits per heavy atom. The van der Waals surface area contributed by atoms with Crippen molar-refractivity contribution in [3.05, 3.63) is 60.8 Å². The number of nitrogens with one attached hydrogen (secondary N) is 2. The Balaban J connectivity index is 1.45. The maximum atomic E-state index is 13.1. The van der Waals surface area contributed by atoms with Gasteiger partial charge in [-0.05, 0) is 29.5 Å². The minimum absolute atomic E-state index is 0.127. The van der Waals surface area contributed by atoms with Crippen LogP contribution in [-0.2, 0) is 18.4 Å². The molecule has 5 rings (SSSR count). The summed E-state index contributed by atoms with van der Waals surface area (Å²) in [5.41, 5.74) is 2.48. The largest absolute Gasteiger partial charge is 0.508 e. The Bertz CT molecular complexity index is 1560. The fourth-order valence-corrected chi connectivity index (χ4v) is 3.91. The molecule has 3 heterocycles. The third kappa shape index (κ3) is 4.65. The van der Waals surface area contributed by atoms with E-state index in [0.29, 0.717) is 39.8 Å². The fraction of sp³-hybridized carbons (Fsp3) is 0.125. The highest BCUT2D eigenvalue weighted by Crippen LogP contribution is 2.35. The number of rotatable bonds is 6. The number of hydrogen-bond donors (Lipinski definition) is 4. The Morgan fingerprint density at radius 2 is 1.87 bits per heavy atom. The molecule has 2 aromatic heterocycles. The molecule has 0 spiro atoms. The number of nitrogens with zero attached hydrogens (tertiary/aromatic N) is 8. The van der Waals surface area contributed by atoms with Crippen molar-refractivity contribution in [3.63, 3.8) is 0 Å². The van der Waals surface area contributed by atoms with Crippen LogP contribution in [0.5, 0.6) is 11.5 Å². The van der Waals surface area contributed by atoms with E-state index in [-0.39, 0.29) is 24.0 Å². The van der Waals surface area contributed by atoms with Crippen molar-refractivity contribution in [2.24, 2.45) is 7.05 Å². The van der Waals surface area contributed by atoms with E-state index >= 15 is 0 Å². The molecular weight excluding hydrogens is 492 g/mol. The van der Waals surface area contributed by atoms with Crippen LogP contribution in [0.25, 0.3) is 11.4 Å². The summed E-state index contributed by atoms with van der Waals surface area (Å²) >= 11 is 0. The number of amides is 3. The predicted molar refractivity (Wildman–Crippen MR) is 138 cm³/mol. The van der Waals surface area contributed by atoms with Crippen LogP contribution < -0.4 is 20.4 Å². The van der Waals surface area contributed by atoms with Crippen LogP contribution >= 0.6 is 0 Å². The van der Waals surface area contributed by atoms with Crippen molar-refractivity contribution in [1.29, 1.82) is 0 Å². The number of carbonyl (C=O) groups is 2. The Labute approximate surface area is 215 Å². The van der Waals surface area contributed by atoms with E-state index in [0.717, 1.165) is 6.08 Å². The first-order valence-corrected chi connectivity index (χ1v) is 11.2. The lowest BCUT2D eigenvalue weighted by Crippen LogP contribution is -2.45. The van der Waals surface area contributed by atoms with Crippen molar-refractivity contribution < 1.29 is 19.8 Å². The Kier molecular flexibility index (Phi) is 6.04. The second-order valence-electron chi connectivity index (χ2n) is 8.36. The minimum atomic E-state index is -0.424. The molecule has 14 nitrogen and oxygen atoms in total. The van der Waals surface area contributed by atoms with Crippen LogP contribution in [0.2, 0.25) is 0 Å². The van der Waals surface area contributed by atoms with Crippen LogP contribution in [0.1, 0.15) is 5.56 Å². The van der Waals surface area contributed by atoms with Gasteiger partial charge in [0, 0.05) is 42.6 Å². The topological polar surface area (TPSA) is 175 Å². The van der Waals surface area contributed by atoms with Crippen molar-refractivity contribution >= 4 is 40.8 Å². The first-order valence-electron chi connectivity index (χ1n) is 11.2. The van der Waals surface area contributed by atoms with Gasteiger partial charge >= 0.3 is 6.03 Å². The van der Waals surface area contributed by atoms with E-state index in [1.807, 2.05) is 0 Å². The molecule has 1 aliphatic heterocycles. The number of carbonyl (C=O) groups excluding carboxylic acids is 2. The van der Waals surface area contributed by atoms with Crippen LogP contribution in [0, 0.1) is 0 Å². The summed E-state index contributed by atoms with van der Waals surface area (Å²) in [6.45, 7) is 3.62. The number of tetrazole rings is 1. The van der Waals surface area contributed by atoms with Gasteiger partial charge in [-0.2, -0.15) is 9.78 Å². The van der Waals surface area contributed by atoms with Crippen LogP contribution in [0.3, 0.4) is 0 Å². The zero-order chi connectivity index (χ0) is 27.0. The molecular formula is C24H22N10O4. The molecule has 2 aromatic carbocycles. The van der Waals surface area contributed by atoms with Crippen LogP contribution in [0.4, 0.5) is 33.6 Å². The lowest BCUT2D eigenvalue weighted by molar-refractivity contribution is -0.111. The maximum Gasteiger partial charge on any atom is 0.330 e. The van der Waals surface area contributed by atoms with E-state index < -0.39 is 11.9 Å². The number of aromatic hydroxyl groups is 2. The molecule has 0 saturated carbocycles. The average molecular weight is 515 g/mol. The quantitative estimate of drug-likeness (QED) is 0.280. The maximum absolute atomic E-state index is 13.1. The van der Waals surface area contributed by atoms with Gasteiger partial charge in [0.25, 0.3) is 0 Å². The molecule has 0 aliphatic carbocycles. The number of phenols is 2. The van der Waals surface area contributed by atoms with Gasteiger partial charge in [0.05, 0.1) is 30.7 Å². The second-order valence-corrected chi connectivity index (χ2v) is 8.36. The first kappa shape index (κ1) is 24.2. The van der Waals surface area contributed by atoms with Crippen LogP contribution in [0.15, 0.2) is 55.3 Å². The van der Waals surface area contributed by atoms with E-state index in [1.54, 1.807) is 38.5 Å². The molecule has 38 heavy (non-hydrogen) atoms. The number of aryl methyl sites for hydroxylation is 1. The zero-order valence-corrected chi connectivity index (χ0v) is 20.3. The van der Waals surface area contributed by atoms with Gasteiger partial charge in [-0.15, -0.1) is 10.2 Å². The summed E-state index contributed by atoms with van der Waals surface area (Å²) in [7, 11) is 3.21. The number of urea groups is 1. The van der Waals surface area contributed by atoms with Gasteiger partial charge in [-0.1, -0.05) is 6.58 Å². The SMILES string of the molecule is C=CC(=O)Nc1cc(-c2nnn(C)n2)ccc1Nc1ncc2c(n1)N(C)C(=O)N(c1cc(O)cc(O)c1)C2. The lowest BCUT2D eigenvalue weighted by atomic mass is 10.1. The summed E-state index contributed by atoms with van der Waals surface area (Å²) < 4.78 is 0. The predicted octanol–water partition coefficient (Wildman–Crippen LogP) is 2.52. The molecule has 4 aromatic rings. The molecule has 0 atom stereocenters. The van der Waals surface area contributed by atoms with Gasteiger partial charge in [0.1, 0.15) is 17.3 Å². The van der Waals surface area contributed by atoms with E-state index in [9.17, 15) is 19.8 Å². The second kappa shape index (κ2) is 9.50. The molecule has 0 radical (unpaired) electrons. The highest BCUT2D eigenvalue weighted by Gasteiger charge is 2.31. The summed E-state index contributed by atoms with van der Waals surface area (Å²) in [6.07, 6.45) is 2.72.